The monoisotopic (exact) mass is 309 g/mol. The molecule has 3 rings (SSSR count). The van der Waals surface area contributed by atoms with E-state index in [1.54, 1.807) is 12.1 Å². The average molecular weight is 309 g/mol. The Morgan fingerprint density at radius 3 is 2.83 bits per heavy atom. The number of carbonyl (C=O) groups excluding carboxylic acids is 1. The average Bonchev–Trinajstić information content (AvgIpc) is 2.89. The molecule has 5 nitrogen and oxygen atoms in total. The molecule has 0 radical (unpaired) electrons. The molecule has 0 fully saturated rings. The summed E-state index contributed by atoms with van der Waals surface area (Å²) in [5.74, 6) is 0.150. The van der Waals surface area contributed by atoms with Gasteiger partial charge in [-0.25, -0.2) is 0 Å². The highest BCUT2D eigenvalue weighted by atomic mass is 16.5. The number of nitrogens with zero attached hydrogens (tertiary/aromatic N) is 2. The Kier molecular flexibility index (Phi) is 4.02. The van der Waals surface area contributed by atoms with Crippen molar-refractivity contribution in [3.63, 3.8) is 0 Å². The molecule has 1 aromatic carbocycles. The number of hydrogen-bond acceptors (Lipinski definition) is 2. The van der Waals surface area contributed by atoms with E-state index in [9.17, 15) is 10.0 Å². The fraction of sp³-hybridized carbons (Fsp3) is 0.222. The molecule has 23 heavy (non-hydrogen) atoms. The molecule has 5 heteroatoms. The summed E-state index contributed by atoms with van der Waals surface area (Å²) in [6.07, 6.45) is 3.36. The van der Waals surface area contributed by atoms with Crippen LogP contribution >= 0.6 is 0 Å². The van der Waals surface area contributed by atoms with Gasteiger partial charge in [-0.05, 0) is 36.2 Å². The highest BCUT2D eigenvalue weighted by molar-refractivity contribution is 6.02. The normalized spacial score (nSPS) is 11.1. The van der Waals surface area contributed by atoms with Crippen molar-refractivity contribution in [1.29, 1.82) is 0 Å². The number of pyridine rings is 1. The minimum Gasteiger partial charge on any atom is -0.618 e. The second-order valence-corrected chi connectivity index (χ2v) is 6.00. The molecule has 0 aliphatic heterocycles. The van der Waals surface area contributed by atoms with Gasteiger partial charge in [0.1, 0.15) is 0 Å². The van der Waals surface area contributed by atoms with Crippen LogP contribution in [0.15, 0.2) is 54.9 Å². The van der Waals surface area contributed by atoms with Crippen molar-refractivity contribution in [2.45, 2.75) is 20.4 Å². The van der Waals surface area contributed by atoms with Gasteiger partial charge in [0.2, 0.25) is 0 Å². The highest BCUT2D eigenvalue weighted by Gasteiger charge is 2.15. The first-order valence-electron chi connectivity index (χ1n) is 7.63. The van der Waals surface area contributed by atoms with E-state index in [-0.39, 0.29) is 5.69 Å². The van der Waals surface area contributed by atoms with Crippen LogP contribution in [0.5, 0.6) is 0 Å². The lowest BCUT2D eigenvalue weighted by molar-refractivity contribution is -0.607. The molecule has 0 atom stereocenters. The molecule has 0 saturated carbocycles. The van der Waals surface area contributed by atoms with Crippen LogP contribution in [0.3, 0.4) is 0 Å². The minimum absolute atomic E-state index is 0.0741. The zero-order chi connectivity index (χ0) is 16.4. The topological polar surface area (TPSA) is 61.0 Å². The van der Waals surface area contributed by atoms with Gasteiger partial charge in [0.05, 0.1) is 0 Å². The second-order valence-electron chi connectivity index (χ2n) is 6.00. The van der Waals surface area contributed by atoms with E-state index in [0.29, 0.717) is 16.3 Å². The van der Waals surface area contributed by atoms with E-state index in [1.807, 2.05) is 24.3 Å². The smallest absolute Gasteiger partial charge is 0.321 e. The third-order valence-corrected chi connectivity index (χ3v) is 3.65. The lowest BCUT2D eigenvalue weighted by Crippen LogP contribution is -2.36. The molecule has 0 aliphatic rings. The van der Waals surface area contributed by atoms with Gasteiger partial charge in [0, 0.05) is 41.5 Å². The fourth-order valence-electron chi connectivity index (χ4n) is 2.63. The van der Waals surface area contributed by atoms with Crippen LogP contribution in [0.25, 0.3) is 10.9 Å². The van der Waals surface area contributed by atoms with E-state index < -0.39 is 5.91 Å². The van der Waals surface area contributed by atoms with E-state index in [1.165, 1.54) is 12.3 Å². The third kappa shape index (κ3) is 3.18. The molecule has 2 aromatic heterocycles. The lowest BCUT2D eigenvalue weighted by Gasteiger charge is -2.09. The quantitative estimate of drug-likeness (QED) is 0.594. The van der Waals surface area contributed by atoms with Crippen molar-refractivity contribution in [2.24, 2.45) is 5.92 Å². The zero-order valence-electron chi connectivity index (χ0n) is 13.2. The van der Waals surface area contributed by atoms with Crippen molar-refractivity contribution in [3.8, 4) is 0 Å². The standard InChI is InChI=1S/C18H19N3O2/c1-13(2)12-20-10-8-14-11-15(6-7-16(14)20)19-18(22)17-5-3-4-9-21(17)23/h3-11,13H,12H2,1-2H3,(H,19,22). The first-order valence-corrected chi connectivity index (χ1v) is 7.63. The molecule has 0 unspecified atom stereocenters. The summed E-state index contributed by atoms with van der Waals surface area (Å²) < 4.78 is 2.77. The number of fused-ring (bicyclic) bond motifs is 1. The molecule has 0 saturated heterocycles. The van der Waals surface area contributed by atoms with Crippen molar-refractivity contribution in [2.75, 3.05) is 5.32 Å². The fourth-order valence-corrected chi connectivity index (χ4v) is 2.63. The maximum absolute atomic E-state index is 12.2. The van der Waals surface area contributed by atoms with Gasteiger partial charge in [-0.2, -0.15) is 4.73 Å². The number of nitrogens with one attached hydrogen (secondary N) is 1. The molecular weight excluding hydrogens is 290 g/mol. The van der Waals surface area contributed by atoms with E-state index in [0.717, 1.165) is 17.4 Å². The summed E-state index contributed by atoms with van der Waals surface area (Å²) in [4.78, 5) is 12.2. The molecule has 0 aliphatic carbocycles. The Balaban J connectivity index is 1.84. The van der Waals surface area contributed by atoms with Crippen LogP contribution in [-0.4, -0.2) is 10.5 Å². The molecule has 118 valence electrons. The number of rotatable bonds is 4. The number of aromatic nitrogens is 2. The summed E-state index contributed by atoms with van der Waals surface area (Å²) in [5.41, 5.74) is 1.88. The largest absolute Gasteiger partial charge is 0.618 e. The first-order chi connectivity index (χ1) is 11.0. The van der Waals surface area contributed by atoms with Crippen LogP contribution in [0, 0.1) is 11.1 Å². The Morgan fingerprint density at radius 1 is 1.26 bits per heavy atom. The van der Waals surface area contributed by atoms with Gasteiger partial charge in [-0.3, -0.25) is 4.79 Å². The van der Waals surface area contributed by atoms with Crippen LogP contribution in [-0.2, 0) is 6.54 Å². The molecule has 3 aromatic rings. The van der Waals surface area contributed by atoms with Crippen LogP contribution in [0.2, 0.25) is 0 Å². The Bertz CT molecular complexity index is 852. The van der Waals surface area contributed by atoms with E-state index >= 15 is 0 Å². The number of carbonyl (C=O) groups is 1. The number of amides is 1. The van der Waals surface area contributed by atoms with Crippen molar-refractivity contribution in [3.05, 3.63) is 65.8 Å². The molecule has 1 N–H and O–H groups in total. The number of benzene rings is 1. The summed E-state index contributed by atoms with van der Waals surface area (Å²) >= 11 is 0. The van der Waals surface area contributed by atoms with Crippen LogP contribution in [0.1, 0.15) is 24.3 Å². The van der Waals surface area contributed by atoms with Gasteiger partial charge in [-0.15, -0.1) is 0 Å². The van der Waals surface area contributed by atoms with Gasteiger partial charge in [-0.1, -0.05) is 13.8 Å². The SMILES string of the molecule is CC(C)Cn1ccc2cc(NC(=O)c3cccc[n+]3[O-])ccc21. The van der Waals surface area contributed by atoms with Gasteiger partial charge in [0.15, 0.2) is 6.20 Å². The predicted octanol–water partition coefficient (Wildman–Crippen LogP) is 3.18. The predicted molar refractivity (Wildman–Crippen MR) is 90.1 cm³/mol. The van der Waals surface area contributed by atoms with Crippen molar-refractivity contribution < 1.29 is 9.52 Å². The van der Waals surface area contributed by atoms with Crippen LogP contribution in [0.4, 0.5) is 5.69 Å². The van der Waals surface area contributed by atoms with E-state index in [2.05, 4.69) is 29.9 Å². The summed E-state index contributed by atoms with van der Waals surface area (Å²) in [5, 5.41) is 15.5. The lowest BCUT2D eigenvalue weighted by atomic mass is 10.2. The Hall–Kier alpha value is -2.82. The summed E-state index contributed by atoms with van der Waals surface area (Å²) in [6, 6.07) is 12.6. The molecule has 0 spiro atoms. The molecule has 2 heterocycles. The number of hydrogen-bond donors (Lipinski definition) is 1. The van der Waals surface area contributed by atoms with Gasteiger partial charge >= 0.3 is 5.91 Å². The maximum Gasteiger partial charge on any atom is 0.321 e. The molecule has 0 bridgehead atoms. The van der Waals surface area contributed by atoms with Crippen molar-refractivity contribution >= 4 is 22.5 Å². The second kappa shape index (κ2) is 6.12. The summed E-state index contributed by atoms with van der Waals surface area (Å²) in [6.45, 7) is 5.31. The third-order valence-electron chi connectivity index (χ3n) is 3.65. The maximum atomic E-state index is 12.2. The van der Waals surface area contributed by atoms with E-state index in [4.69, 9.17) is 0 Å². The minimum atomic E-state index is -0.415. The highest BCUT2D eigenvalue weighted by Crippen LogP contribution is 2.21. The molecular formula is C18H19N3O2. The Morgan fingerprint density at radius 2 is 2.09 bits per heavy atom. The summed E-state index contributed by atoms with van der Waals surface area (Å²) in [7, 11) is 0. The van der Waals surface area contributed by atoms with Crippen molar-refractivity contribution in [1.82, 2.24) is 4.57 Å². The van der Waals surface area contributed by atoms with Crippen LogP contribution < -0.4 is 10.0 Å². The van der Waals surface area contributed by atoms with Gasteiger partial charge < -0.3 is 15.1 Å². The Labute approximate surface area is 134 Å². The number of anilines is 1. The first kappa shape index (κ1) is 15.1. The zero-order valence-corrected chi connectivity index (χ0v) is 13.2. The molecule has 1 amide bonds. The van der Waals surface area contributed by atoms with Gasteiger partial charge in [0.25, 0.3) is 5.69 Å².